The van der Waals surface area contributed by atoms with Crippen LogP contribution in [0, 0.1) is 6.92 Å². The molecule has 0 saturated heterocycles. The zero-order chi connectivity index (χ0) is 21.7. The second-order valence-electron chi connectivity index (χ2n) is 6.63. The minimum Gasteiger partial charge on any atom is -0.506 e. The first kappa shape index (κ1) is 20.6. The summed E-state index contributed by atoms with van der Waals surface area (Å²) in [5.41, 5.74) is 2.36. The van der Waals surface area contributed by atoms with Crippen molar-refractivity contribution in [2.24, 2.45) is 0 Å². The van der Waals surface area contributed by atoms with Crippen LogP contribution in [0.3, 0.4) is 0 Å². The first-order chi connectivity index (χ1) is 14.3. The number of anilines is 2. The molecule has 0 aliphatic rings. The Bertz CT molecular complexity index is 1110. The van der Waals surface area contributed by atoms with Crippen LogP contribution in [0.15, 0.2) is 66.7 Å². The fourth-order valence-electron chi connectivity index (χ4n) is 2.74. The van der Waals surface area contributed by atoms with E-state index in [1.165, 1.54) is 43.3 Å². The van der Waals surface area contributed by atoms with Crippen molar-refractivity contribution in [2.75, 3.05) is 10.6 Å². The number of carbonyl (C=O) groups excluding carboxylic acids is 3. The molecule has 3 N–H and O–H groups in total. The van der Waals surface area contributed by atoms with Gasteiger partial charge in [0.1, 0.15) is 11.5 Å². The van der Waals surface area contributed by atoms with Gasteiger partial charge in [0.05, 0.1) is 5.69 Å². The Hall–Kier alpha value is -4.13. The van der Waals surface area contributed by atoms with E-state index < -0.39 is 11.9 Å². The van der Waals surface area contributed by atoms with Gasteiger partial charge < -0.3 is 20.5 Å². The zero-order valence-corrected chi connectivity index (χ0v) is 16.4. The number of esters is 1. The molecule has 0 heterocycles. The van der Waals surface area contributed by atoms with Crippen molar-refractivity contribution in [3.8, 4) is 11.5 Å². The third-order valence-electron chi connectivity index (χ3n) is 4.16. The maximum atomic E-state index is 12.4. The molecule has 30 heavy (non-hydrogen) atoms. The lowest BCUT2D eigenvalue weighted by Crippen LogP contribution is -2.13. The smallest absolute Gasteiger partial charge is 0.308 e. The van der Waals surface area contributed by atoms with Gasteiger partial charge in [-0.1, -0.05) is 17.7 Å². The quantitative estimate of drug-likeness (QED) is 0.337. The Labute approximate surface area is 173 Å². The first-order valence-electron chi connectivity index (χ1n) is 9.12. The number of phenolic OH excluding ortho intramolecular Hbond substituents is 1. The standard InChI is InChI=1S/C23H20N2O5/c1-14-4-3-5-17(12-14)23(29)25-20-11-8-18(13-21(20)27)24-22(28)16-6-9-19(10-7-16)30-15(2)26/h3-13,27H,1-2H3,(H,24,28)(H,25,29). The molecule has 2 amide bonds. The highest BCUT2D eigenvalue weighted by atomic mass is 16.5. The van der Waals surface area contributed by atoms with Crippen molar-refractivity contribution in [2.45, 2.75) is 13.8 Å². The lowest BCUT2D eigenvalue weighted by molar-refractivity contribution is -0.131. The predicted molar refractivity (Wildman–Crippen MR) is 113 cm³/mol. The number of aryl methyl sites for hydroxylation is 1. The van der Waals surface area contributed by atoms with Crippen molar-refractivity contribution in [1.29, 1.82) is 0 Å². The molecule has 0 atom stereocenters. The molecule has 0 aliphatic carbocycles. The van der Waals surface area contributed by atoms with E-state index in [0.29, 0.717) is 22.6 Å². The van der Waals surface area contributed by atoms with Gasteiger partial charge >= 0.3 is 5.97 Å². The maximum Gasteiger partial charge on any atom is 0.308 e. The highest BCUT2D eigenvalue weighted by molar-refractivity contribution is 6.06. The van der Waals surface area contributed by atoms with Gasteiger partial charge in [-0.15, -0.1) is 0 Å². The monoisotopic (exact) mass is 404 g/mol. The van der Waals surface area contributed by atoms with Gasteiger partial charge in [-0.3, -0.25) is 14.4 Å². The molecule has 0 bridgehead atoms. The van der Waals surface area contributed by atoms with Crippen LogP contribution in [0.25, 0.3) is 0 Å². The minimum absolute atomic E-state index is 0.181. The molecule has 7 nitrogen and oxygen atoms in total. The number of benzene rings is 3. The van der Waals surface area contributed by atoms with Gasteiger partial charge in [0, 0.05) is 29.8 Å². The van der Waals surface area contributed by atoms with Gasteiger partial charge in [-0.2, -0.15) is 0 Å². The van der Waals surface area contributed by atoms with E-state index in [0.717, 1.165) is 5.56 Å². The van der Waals surface area contributed by atoms with E-state index in [1.807, 2.05) is 13.0 Å². The second-order valence-corrected chi connectivity index (χ2v) is 6.63. The van der Waals surface area contributed by atoms with Gasteiger partial charge in [0.2, 0.25) is 0 Å². The molecule has 152 valence electrons. The third kappa shape index (κ3) is 5.23. The van der Waals surface area contributed by atoms with Crippen LogP contribution < -0.4 is 15.4 Å². The number of hydrogen-bond donors (Lipinski definition) is 3. The molecule has 0 saturated carbocycles. The number of carbonyl (C=O) groups is 3. The average molecular weight is 404 g/mol. The van der Waals surface area contributed by atoms with Crippen LogP contribution >= 0.6 is 0 Å². The lowest BCUT2D eigenvalue weighted by Gasteiger charge is -2.11. The Balaban J connectivity index is 1.66. The summed E-state index contributed by atoms with van der Waals surface area (Å²) in [4.78, 5) is 35.6. The van der Waals surface area contributed by atoms with Crippen molar-refractivity contribution in [3.05, 3.63) is 83.4 Å². The second kappa shape index (κ2) is 8.91. The SMILES string of the molecule is CC(=O)Oc1ccc(C(=O)Nc2ccc(NC(=O)c3cccc(C)c3)c(O)c2)cc1. The number of rotatable bonds is 5. The normalized spacial score (nSPS) is 10.2. The van der Waals surface area contributed by atoms with E-state index in [-0.39, 0.29) is 17.3 Å². The van der Waals surface area contributed by atoms with Crippen LogP contribution in [-0.4, -0.2) is 22.9 Å². The summed E-state index contributed by atoms with van der Waals surface area (Å²) in [6.45, 7) is 3.18. The Morgan fingerprint density at radius 1 is 0.833 bits per heavy atom. The van der Waals surface area contributed by atoms with E-state index >= 15 is 0 Å². The molecule has 0 aliphatic heterocycles. The van der Waals surface area contributed by atoms with Gasteiger partial charge in [0.25, 0.3) is 11.8 Å². The molecule has 3 aromatic rings. The average Bonchev–Trinajstić information content (AvgIpc) is 2.70. The third-order valence-corrected chi connectivity index (χ3v) is 4.16. The van der Waals surface area contributed by atoms with Gasteiger partial charge in [-0.05, 0) is 55.5 Å². The summed E-state index contributed by atoms with van der Waals surface area (Å²) in [6, 6.07) is 17.6. The number of amides is 2. The van der Waals surface area contributed by atoms with Crippen molar-refractivity contribution in [3.63, 3.8) is 0 Å². The van der Waals surface area contributed by atoms with Crippen molar-refractivity contribution >= 4 is 29.2 Å². The number of ether oxygens (including phenoxy) is 1. The molecule has 0 unspecified atom stereocenters. The molecular formula is C23H20N2O5. The molecule has 0 fully saturated rings. The highest BCUT2D eigenvalue weighted by Gasteiger charge is 2.12. The summed E-state index contributed by atoms with van der Waals surface area (Å²) in [6.07, 6.45) is 0. The fraction of sp³-hybridized carbons (Fsp3) is 0.0870. The van der Waals surface area contributed by atoms with Crippen LogP contribution in [0.4, 0.5) is 11.4 Å². The molecule has 7 heteroatoms. The summed E-state index contributed by atoms with van der Waals surface area (Å²) < 4.78 is 4.93. The topological polar surface area (TPSA) is 105 Å². The van der Waals surface area contributed by atoms with Crippen molar-refractivity contribution < 1.29 is 24.2 Å². The molecule has 3 aromatic carbocycles. The molecular weight excluding hydrogens is 384 g/mol. The molecule has 0 aromatic heterocycles. The Morgan fingerprint density at radius 3 is 2.17 bits per heavy atom. The largest absolute Gasteiger partial charge is 0.506 e. The zero-order valence-electron chi connectivity index (χ0n) is 16.4. The number of aromatic hydroxyl groups is 1. The Morgan fingerprint density at radius 2 is 1.53 bits per heavy atom. The van der Waals surface area contributed by atoms with Crippen LogP contribution in [0.2, 0.25) is 0 Å². The van der Waals surface area contributed by atoms with Crippen LogP contribution in [-0.2, 0) is 4.79 Å². The fourth-order valence-corrected chi connectivity index (χ4v) is 2.74. The number of phenols is 1. The van der Waals surface area contributed by atoms with Crippen molar-refractivity contribution in [1.82, 2.24) is 0 Å². The number of hydrogen-bond acceptors (Lipinski definition) is 5. The van der Waals surface area contributed by atoms with Crippen LogP contribution in [0.1, 0.15) is 33.2 Å². The Kier molecular flexibility index (Phi) is 6.12. The van der Waals surface area contributed by atoms with E-state index in [4.69, 9.17) is 4.74 Å². The summed E-state index contributed by atoms with van der Waals surface area (Å²) in [7, 11) is 0. The van der Waals surface area contributed by atoms with Gasteiger partial charge in [0.15, 0.2) is 0 Å². The van der Waals surface area contributed by atoms with E-state index in [2.05, 4.69) is 10.6 Å². The highest BCUT2D eigenvalue weighted by Crippen LogP contribution is 2.27. The summed E-state index contributed by atoms with van der Waals surface area (Å²) in [5, 5.41) is 15.5. The summed E-state index contributed by atoms with van der Waals surface area (Å²) in [5.74, 6) is -1.04. The van der Waals surface area contributed by atoms with E-state index in [1.54, 1.807) is 24.3 Å². The predicted octanol–water partition coefficient (Wildman–Crippen LogP) is 4.13. The minimum atomic E-state index is -0.447. The number of nitrogens with one attached hydrogen (secondary N) is 2. The van der Waals surface area contributed by atoms with E-state index in [9.17, 15) is 19.5 Å². The molecule has 3 rings (SSSR count). The molecule has 0 radical (unpaired) electrons. The summed E-state index contributed by atoms with van der Waals surface area (Å²) >= 11 is 0. The maximum absolute atomic E-state index is 12.4. The molecule has 0 spiro atoms. The van der Waals surface area contributed by atoms with Crippen LogP contribution in [0.5, 0.6) is 11.5 Å². The lowest BCUT2D eigenvalue weighted by atomic mass is 10.1. The van der Waals surface area contributed by atoms with Gasteiger partial charge in [-0.25, -0.2) is 0 Å². The first-order valence-corrected chi connectivity index (χ1v) is 9.12.